The molecule has 0 atom stereocenters. The summed E-state index contributed by atoms with van der Waals surface area (Å²) >= 11 is 0. The largest absolute Gasteiger partial charge is 0.269 e. The van der Waals surface area contributed by atoms with E-state index in [2.05, 4.69) is 10.9 Å². The zero-order valence-corrected chi connectivity index (χ0v) is 9.48. The number of benzene rings is 2. The van der Waals surface area contributed by atoms with Gasteiger partial charge in [0.15, 0.2) is 0 Å². The molecule has 0 saturated carbocycles. The molecule has 2 rings (SSSR count). The van der Waals surface area contributed by atoms with Gasteiger partial charge in [0.05, 0.1) is 10.5 Å². The van der Waals surface area contributed by atoms with Crippen LogP contribution in [0.4, 0.5) is 5.69 Å². The fraction of sp³-hybridized carbons (Fsp3) is 0. The monoisotopic (exact) mass is 238 g/mol. The van der Waals surface area contributed by atoms with E-state index in [1.165, 1.54) is 12.1 Å². The number of nitrogens with zero attached hydrogens (tertiary/aromatic N) is 2. The van der Waals surface area contributed by atoms with Gasteiger partial charge in [-0.05, 0) is 12.1 Å². The highest BCUT2D eigenvalue weighted by Crippen LogP contribution is 2.11. The molecular weight excluding hydrogens is 228 g/mol. The van der Waals surface area contributed by atoms with Crippen LogP contribution in [0.5, 0.6) is 0 Å². The van der Waals surface area contributed by atoms with Crippen LogP contribution < -0.4 is 0 Å². The lowest BCUT2D eigenvalue weighted by atomic mass is 10.2. The molecule has 0 spiro atoms. The van der Waals surface area contributed by atoms with Crippen molar-refractivity contribution in [2.45, 2.75) is 0 Å². The Morgan fingerprint density at radius 3 is 2.33 bits per heavy atom. The third-order valence-electron chi connectivity index (χ3n) is 2.28. The van der Waals surface area contributed by atoms with E-state index in [1.807, 2.05) is 30.3 Å². The minimum Gasteiger partial charge on any atom is -0.258 e. The topological polar surface area (TPSA) is 47.5 Å². The van der Waals surface area contributed by atoms with Gasteiger partial charge in [-0.1, -0.05) is 11.6 Å². The van der Waals surface area contributed by atoms with Crippen LogP contribution in [-0.4, -0.2) is 4.92 Å². The molecule has 0 heterocycles. The van der Waals surface area contributed by atoms with Crippen molar-refractivity contribution in [3.05, 3.63) is 87.2 Å². The van der Waals surface area contributed by atoms with Gasteiger partial charge in [-0.3, -0.25) is 10.1 Å². The SMILES string of the molecule is O=[N+]([O-])c1ccc(C#[N+][CH-]c2ccccc2)cc1. The molecule has 0 aliphatic carbocycles. The average Bonchev–Trinajstić information content (AvgIpc) is 2.40. The van der Waals surface area contributed by atoms with Gasteiger partial charge in [0.25, 0.3) is 5.69 Å². The van der Waals surface area contributed by atoms with Crippen molar-refractivity contribution in [2.75, 3.05) is 0 Å². The lowest BCUT2D eigenvalue weighted by molar-refractivity contribution is -0.384. The van der Waals surface area contributed by atoms with Crippen molar-refractivity contribution in [2.24, 2.45) is 0 Å². The lowest BCUT2D eigenvalue weighted by Crippen LogP contribution is -1.86. The van der Waals surface area contributed by atoms with Crippen molar-refractivity contribution in [3.63, 3.8) is 0 Å². The molecule has 0 aliphatic heterocycles. The summed E-state index contributed by atoms with van der Waals surface area (Å²) in [5, 5.41) is 10.5. The zero-order valence-electron chi connectivity index (χ0n) is 9.48. The van der Waals surface area contributed by atoms with E-state index in [1.54, 1.807) is 18.7 Å². The van der Waals surface area contributed by atoms with Crippen LogP contribution in [0.3, 0.4) is 0 Å². The first-order valence-corrected chi connectivity index (χ1v) is 5.34. The second kappa shape index (κ2) is 5.51. The first-order valence-electron chi connectivity index (χ1n) is 5.34. The van der Waals surface area contributed by atoms with Crippen LogP contribution in [0.15, 0.2) is 54.6 Å². The van der Waals surface area contributed by atoms with Gasteiger partial charge in [-0.25, -0.2) is 0 Å². The highest BCUT2D eigenvalue weighted by molar-refractivity contribution is 5.40. The number of rotatable bonds is 2. The summed E-state index contributed by atoms with van der Waals surface area (Å²) in [7, 11) is 0. The normalized spacial score (nSPS) is 9.11. The smallest absolute Gasteiger partial charge is 0.258 e. The second-order valence-electron chi connectivity index (χ2n) is 3.58. The van der Waals surface area contributed by atoms with E-state index in [9.17, 15) is 10.1 Å². The van der Waals surface area contributed by atoms with Gasteiger partial charge in [0.1, 0.15) is 0 Å². The highest BCUT2D eigenvalue weighted by atomic mass is 16.6. The molecule has 4 nitrogen and oxygen atoms in total. The van der Waals surface area contributed by atoms with Crippen molar-refractivity contribution in [3.8, 4) is 6.07 Å². The van der Waals surface area contributed by atoms with E-state index < -0.39 is 4.92 Å². The summed E-state index contributed by atoms with van der Waals surface area (Å²) in [6.45, 7) is 1.68. The average molecular weight is 238 g/mol. The summed E-state index contributed by atoms with van der Waals surface area (Å²) in [5.74, 6) is 0. The van der Waals surface area contributed by atoms with Gasteiger partial charge < -0.3 is 0 Å². The fourth-order valence-corrected chi connectivity index (χ4v) is 1.38. The Bertz CT molecular complexity index is 595. The van der Waals surface area contributed by atoms with Crippen molar-refractivity contribution in [1.82, 2.24) is 0 Å². The van der Waals surface area contributed by atoms with Crippen LogP contribution in [0.25, 0.3) is 4.85 Å². The zero-order chi connectivity index (χ0) is 12.8. The number of nitro groups is 1. The quantitative estimate of drug-likeness (QED) is 0.456. The first kappa shape index (κ1) is 11.7. The molecule has 0 bridgehead atoms. The molecule has 0 amide bonds. The van der Waals surface area contributed by atoms with Crippen LogP contribution >= 0.6 is 0 Å². The third-order valence-corrected chi connectivity index (χ3v) is 2.28. The minimum absolute atomic E-state index is 0.0626. The van der Waals surface area contributed by atoms with E-state index in [4.69, 9.17) is 0 Å². The molecular formula is C14H10N2O2. The molecule has 88 valence electrons. The standard InChI is InChI=1S/C14H10N2O2/c17-16(18)14-8-6-13(7-9-14)11-15-10-12-4-2-1-3-5-12/h1-10H. The van der Waals surface area contributed by atoms with Crippen LogP contribution in [-0.2, 0) is 0 Å². The third kappa shape index (κ3) is 3.09. The van der Waals surface area contributed by atoms with Gasteiger partial charge in [-0.2, -0.15) is 0 Å². The Labute approximate surface area is 104 Å². The molecule has 2 aromatic carbocycles. The molecule has 0 aliphatic rings. The summed E-state index contributed by atoms with van der Waals surface area (Å²) in [6.07, 6.45) is 0. The predicted molar refractivity (Wildman–Crippen MR) is 69.3 cm³/mol. The Balaban J connectivity index is 2.04. The van der Waals surface area contributed by atoms with Crippen LogP contribution in [0.1, 0.15) is 11.1 Å². The molecule has 0 unspecified atom stereocenters. The summed E-state index contributed by atoms with van der Waals surface area (Å²) in [5.41, 5.74) is 1.74. The van der Waals surface area contributed by atoms with Crippen LogP contribution in [0.2, 0.25) is 0 Å². The molecule has 0 saturated heterocycles. The van der Waals surface area contributed by atoms with Gasteiger partial charge in [-0.15, -0.1) is 29.1 Å². The number of hydrogen-bond acceptors (Lipinski definition) is 2. The summed E-state index contributed by atoms with van der Waals surface area (Å²) in [4.78, 5) is 14.1. The van der Waals surface area contributed by atoms with E-state index in [0.29, 0.717) is 5.56 Å². The first-order chi connectivity index (χ1) is 8.75. The number of non-ortho nitro benzene ring substituents is 1. The fourth-order valence-electron chi connectivity index (χ4n) is 1.38. The number of hydrogen-bond donors (Lipinski definition) is 0. The molecule has 0 fully saturated rings. The van der Waals surface area contributed by atoms with Gasteiger partial charge >= 0.3 is 0 Å². The second-order valence-corrected chi connectivity index (χ2v) is 3.58. The highest BCUT2D eigenvalue weighted by Gasteiger charge is 2.03. The summed E-state index contributed by atoms with van der Waals surface area (Å²) in [6, 6.07) is 18.5. The predicted octanol–water partition coefficient (Wildman–Crippen LogP) is 3.49. The Hall–Kier alpha value is -2.80. The van der Waals surface area contributed by atoms with E-state index >= 15 is 0 Å². The maximum Gasteiger partial charge on any atom is 0.269 e. The maximum atomic E-state index is 10.5. The summed E-state index contributed by atoms with van der Waals surface area (Å²) < 4.78 is 0. The van der Waals surface area contributed by atoms with Gasteiger partial charge in [0.2, 0.25) is 12.6 Å². The Morgan fingerprint density at radius 2 is 1.72 bits per heavy atom. The van der Waals surface area contributed by atoms with Crippen molar-refractivity contribution < 1.29 is 4.92 Å². The molecule has 0 radical (unpaired) electrons. The molecule has 4 heteroatoms. The lowest BCUT2D eigenvalue weighted by Gasteiger charge is -1.91. The molecule has 0 aromatic heterocycles. The maximum absolute atomic E-state index is 10.5. The minimum atomic E-state index is -0.434. The van der Waals surface area contributed by atoms with Crippen molar-refractivity contribution >= 4 is 5.69 Å². The van der Waals surface area contributed by atoms with E-state index in [0.717, 1.165) is 5.56 Å². The molecule has 0 N–H and O–H groups in total. The molecule has 2 aromatic rings. The van der Waals surface area contributed by atoms with Gasteiger partial charge in [0, 0.05) is 12.1 Å². The Morgan fingerprint density at radius 1 is 1.06 bits per heavy atom. The molecule has 18 heavy (non-hydrogen) atoms. The van der Waals surface area contributed by atoms with Crippen molar-refractivity contribution in [1.29, 1.82) is 0 Å². The van der Waals surface area contributed by atoms with E-state index in [-0.39, 0.29) is 5.69 Å². The Kier molecular flexibility index (Phi) is 3.57. The number of nitro benzene ring substituents is 1. The van der Waals surface area contributed by atoms with Crippen LogP contribution in [0, 0.1) is 22.7 Å².